The van der Waals surface area contributed by atoms with Gasteiger partial charge in [0.1, 0.15) is 5.82 Å². The van der Waals surface area contributed by atoms with Gasteiger partial charge < -0.3 is 9.64 Å². The van der Waals surface area contributed by atoms with Crippen LogP contribution in [0.4, 0.5) is 4.39 Å². The lowest BCUT2D eigenvalue weighted by atomic mass is 10.1. The Hall–Kier alpha value is -1.37. The molecule has 0 saturated carbocycles. The van der Waals surface area contributed by atoms with Crippen LogP contribution in [0.25, 0.3) is 10.8 Å². The highest BCUT2D eigenvalue weighted by molar-refractivity contribution is 7.97. The summed E-state index contributed by atoms with van der Waals surface area (Å²) in [6.07, 6.45) is 1.66. The number of likely N-dealkylation sites (N-methyl/N-ethyl adjacent to an activating group) is 1. The number of nitrogens with zero attached hydrogens (tertiary/aromatic N) is 3. The minimum atomic E-state index is -0.294. The second-order valence-electron chi connectivity index (χ2n) is 5.11. The molecule has 1 aromatic heterocycles. The zero-order valence-corrected chi connectivity index (χ0v) is 13.0. The zero-order chi connectivity index (χ0) is 14.8. The molecule has 1 aliphatic heterocycles. The summed E-state index contributed by atoms with van der Waals surface area (Å²) in [5.74, 6) is 0.0449. The molecule has 2 heterocycles. The summed E-state index contributed by atoms with van der Waals surface area (Å²) in [4.78, 5) is 7.44. The van der Waals surface area contributed by atoms with Gasteiger partial charge >= 0.3 is 0 Å². The third kappa shape index (κ3) is 2.97. The van der Waals surface area contributed by atoms with Crippen LogP contribution >= 0.6 is 11.9 Å². The fourth-order valence-electron chi connectivity index (χ4n) is 2.45. The smallest absolute Gasteiger partial charge is 0.224 e. The monoisotopic (exact) mass is 307 g/mol. The Bertz CT molecular complexity index is 644. The number of aromatic nitrogens is 1. The first kappa shape index (κ1) is 14.6. The molecule has 0 atom stereocenters. The highest BCUT2D eigenvalue weighted by Gasteiger charge is 2.18. The predicted molar refractivity (Wildman–Crippen MR) is 83.2 cm³/mol. The lowest BCUT2D eigenvalue weighted by Gasteiger charge is -2.31. The van der Waals surface area contributed by atoms with Crippen LogP contribution in [-0.2, 0) is 0 Å². The Morgan fingerprint density at radius 1 is 1.19 bits per heavy atom. The number of hydrogen-bond donors (Lipinski definition) is 0. The second-order valence-corrected chi connectivity index (χ2v) is 6.25. The second kappa shape index (κ2) is 6.17. The molecular formula is C15H18FN3OS. The number of benzene rings is 1. The van der Waals surface area contributed by atoms with Crippen molar-refractivity contribution in [1.82, 2.24) is 14.2 Å². The first-order chi connectivity index (χ1) is 10.2. The van der Waals surface area contributed by atoms with Crippen LogP contribution in [0.2, 0.25) is 0 Å². The molecule has 6 heteroatoms. The first-order valence-corrected chi connectivity index (χ1v) is 7.69. The third-order valence-corrected chi connectivity index (χ3v) is 4.86. The summed E-state index contributed by atoms with van der Waals surface area (Å²) in [5.41, 5.74) is 0. The van der Waals surface area contributed by atoms with Gasteiger partial charge in [0, 0.05) is 42.7 Å². The standard InChI is InChI=1S/C15H18FN3OS/c1-18-7-9-19(10-8-18)21-13-4-3-12(16)14-11(13)5-6-17-15(14)20-2/h3-6H,7-10H2,1-2H3. The minimum absolute atomic E-state index is 0.294. The molecule has 2 aromatic rings. The lowest BCUT2D eigenvalue weighted by molar-refractivity contribution is 0.233. The van der Waals surface area contributed by atoms with E-state index in [2.05, 4.69) is 21.2 Å². The molecule has 21 heavy (non-hydrogen) atoms. The largest absolute Gasteiger partial charge is 0.480 e. The summed E-state index contributed by atoms with van der Waals surface area (Å²) >= 11 is 1.68. The highest BCUT2D eigenvalue weighted by atomic mass is 32.2. The van der Waals surface area contributed by atoms with Crippen LogP contribution in [0, 0.1) is 5.82 Å². The number of rotatable bonds is 3. The van der Waals surface area contributed by atoms with Crippen LogP contribution in [0.5, 0.6) is 5.88 Å². The van der Waals surface area contributed by atoms with Gasteiger partial charge in [-0.15, -0.1) is 0 Å². The Morgan fingerprint density at radius 3 is 2.67 bits per heavy atom. The maximum absolute atomic E-state index is 14.1. The molecule has 0 radical (unpaired) electrons. The average Bonchev–Trinajstić information content (AvgIpc) is 2.51. The van der Waals surface area contributed by atoms with E-state index >= 15 is 0 Å². The molecule has 0 N–H and O–H groups in total. The average molecular weight is 307 g/mol. The molecule has 3 rings (SSSR count). The molecular weight excluding hydrogens is 289 g/mol. The van der Waals surface area contributed by atoms with E-state index in [4.69, 9.17) is 4.74 Å². The number of hydrogen-bond acceptors (Lipinski definition) is 5. The van der Waals surface area contributed by atoms with Crippen molar-refractivity contribution in [3.05, 3.63) is 30.2 Å². The Labute approximate surface area is 128 Å². The maximum Gasteiger partial charge on any atom is 0.224 e. The van der Waals surface area contributed by atoms with Gasteiger partial charge in [0.05, 0.1) is 12.5 Å². The molecule has 0 amide bonds. The van der Waals surface area contributed by atoms with Gasteiger partial charge in [-0.05, 0) is 37.2 Å². The topological polar surface area (TPSA) is 28.6 Å². The molecule has 1 saturated heterocycles. The lowest BCUT2D eigenvalue weighted by Crippen LogP contribution is -2.40. The Morgan fingerprint density at radius 2 is 1.95 bits per heavy atom. The molecule has 0 unspecified atom stereocenters. The van der Waals surface area contributed by atoms with Crippen LogP contribution < -0.4 is 4.74 Å². The van der Waals surface area contributed by atoms with E-state index in [-0.39, 0.29) is 5.82 Å². The van der Waals surface area contributed by atoms with Crippen molar-refractivity contribution in [2.24, 2.45) is 0 Å². The van der Waals surface area contributed by atoms with Crippen molar-refractivity contribution in [2.45, 2.75) is 4.90 Å². The summed E-state index contributed by atoms with van der Waals surface area (Å²) in [7, 11) is 3.65. The van der Waals surface area contributed by atoms with Crippen molar-refractivity contribution in [1.29, 1.82) is 0 Å². The summed E-state index contributed by atoms with van der Waals surface area (Å²) < 4.78 is 21.6. The zero-order valence-electron chi connectivity index (χ0n) is 12.2. The number of methoxy groups -OCH3 is 1. The van der Waals surface area contributed by atoms with Crippen molar-refractivity contribution >= 4 is 22.7 Å². The van der Waals surface area contributed by atoms with E-state index < -0.39 is 0 Å². The van der Waals surface area contributed by atoms with Gasteiger partial charge in [0.15, 0.2) is 0 Å². The summed E-state index contributed by atoms with van der Waals surface area (Å²) in [5, 5.41) is 1.31. The van der Waals surface area contributed by atoms with Gasteiger partial charge in [-0.25, -0.2) is 13.7 Å². The Balaban J connectivity index is 1.94. The molecule has 1 aromatic carbocycles. The van der Waals surface area contributed by atoms with E-state index in [0.29, 0.717) is 11.3 Å². The maximum atomic E-state index is 14.1. The van der Waals surface area contributed by atoms with Crippen molar-refractivity contribution in [2.75, 3.05) is 40.3 Å². The van der Waals surface area contributed by atoms with Crippen molar-refractivity contribution in [3.8, 4) is 5.88 Å². The minimum Gasteiger partial charge on any atom is -0.480 e. The van der Waals surface area contributed by atoms with Gasteiger partial charge in [-0.3, -0.25) is 0 Å². The molecule has 0 bridgehead atoms. The van der Waals surface area contributed by atoms with E-state index in [9.17, 15) is 4.39 Å². The quantitative estimate of drug-likeness (QED) is 0.813. The summed E-state index contributed by atoms with van der Waals surface area (Å²) in [6.45, 7) is 4.11. The fourth-order valence-corrected chi connectivity index (χ4v) is 3.47. The normalized spacial score (nSPS) is 17.3. The van der Waals surface area contributed by atoms with Crippen molar-refractivity contribution in [3.63, 3.8) is 0 Å². The number of pyridine rings is 1. The molecule has 0 aliphatic carbocycles. The van der Waals surface area contributed by atoms with Crippen molar-refractivity contribution < 1.29 is 9.13 Å². The number of fused-ring (bicyclic) bond motifs is 1. The van der Waals surface area contributed by atoms with E-state index in [1.54, 1.807) is 18.1 Å². The van der Waals surface area contributed by atoms with E-state index in [0.717, 1.165) is 36.5 Å². The third-order valence-electron chi connectivity index (χ3n) is 3.68. The predicted octanol–water partition coefficient (Wildman–Crippen LogP) is 2.64. The first-order valence-electron chi connectivity index (χ1n) is 6.91. The number of piperazine rings is 1. The van der Waals surface area contributed by atoms with Crippen LogP contribution in [0.3, 0.4) is 0 Å². The summed E-state index contributed by atoms with van der Waals surface area (Å²) in [6, 6.07) is 5.17. The molecule has 112 valence electrons. The van der Waals surface area contributed by atoms with Crippen LogP contribution in [0.1, 0.15) is 0 Å². The molecule has 1 aliphatic rings. The van der Waals surface area contributed by atoms with E-state index in [1.807, 2.05) is 12.1 Å². The van der Waals surface area contributed by atoms with E-state index in [1.165, 1.54) is 13.2 Å². The molecule has 1 fully saturated rings. The highest BCUT2D eigenvalue weighted by Crippen LogP contribution is 2.35. The van der Waals surface area contributed by atoms with Crippen LogP contribution in [0.15, 0.2) is 29.3 Å². The number of ether oxygens (including phenoxy) is 1. The van der Waals surface area contributed by atoms with Gasteiger partial charge in [0.2, 0.25) is 5.88 Å². The molecule has 4 nitrogen and oxygen atoms in total. The van der Waals surface area contributed by atoms with Gasteiger partial charge in [0.25, 0.3) is 0 Å². The van der Waals surface area contributed by atoms with Gasteiger partial charge in [-0.1, -0.05) is 0 Å². The SMILES string of the molecule is COc1nccc2c(SN3CCN(C)CC3)ccc(F)c12. The molecule has 0 spiro atoms. The fraction of sp³-hybridized carbons (Fsp3) is 0.400. The number of halogens is 1. The van der Waals surface area contributed by atoms with Crippen LogP contribution in [-0.4, -0.2) is 54.5 Å². The van der Waals surface area contributed by atoms with Gasteiger partial charge in [-0.2, -0.15) is 0 Å². The Kier molecular flexibility index (Phi) is 4.28.